The van der Waals surface area contributed by atoms with Crippen molar-refractivity contribution in [2.24, 2.45) is 5.92 Å². The Morgan fingerprint density at radius 1 is 1.15 bits per heavy atom. The molecular formula is C11H22O2. The fourth-order valence-corrected chi connectivity index (χ4v) is 1.05. The van der Waals surface area contributed by atoms with E-state index in [9.17, 15) is 4.79 Å². The number of rotatable bonds is 7. The third-order valence-corrected chi connectivity index (χ3v) is 1.96. The molecule has 0 unspecified atom stereocenters. The van der Waals surface area contributed by atoms with Crippen LogP contribution in [0.15, 0.2) is 0 Å². The van der Waals surface area contributed by atoms with Crippen molar-refractivity contribution in [1.29, 1.82) is 0 Å². The monoisotopic (exact) mass is 186 g/mol. The molecular weight excluding hydrogens is 164 g/mol. The summed E-state index contributed by atoms with van der Waals surface area (Å²) in [6.45, 7) is 6.51. The fourth-order valence-electron chi connectivity index (χ4n) is 1.05. The van der Waals surface area contributed by atoms with Crippen molar-refractivity contribution in [3.63, 3.8) is 0 Å². The van der Waals surface area contributed by atoms with Gasteiger partial charge in [-0.15, -0.1) is 0 Å². The molecule has 0 saturated heterocycles. The maximum Gasteiger partial charge on any atom is 0.308 e. The topological polar surface area (TPSA) is 26.3 Å². The Labute approximate surface area is 81.7 Å². The highest BCUT2D eigenvalue weighted by molar-refractivity contribution is 5.71. The van der Waals surface area contributed by atoms with Gasteiger partial charge in [0.1, 0.15) is 0 Å². The van der Waals surface area contributed by atoms with Gasteiger partial charge in [0.25, 0.3) is 0 Å². The van der Waals surface area contributed by atoms with Crippen LogP contribution in [0.3, 0.4) is 0 Å². The molecule has 0 aromatic rings. The predicted octanol–water partition coefficient (Wildman–Crippen LogP) is 3.16. The summed E-state index contributed by atoms with van der Waals surface area (Å²) >= 11 is 0. The van der Waals surface area contributed by atoms with Crippen molar-refractivity contribution >= 4 is 5.97 Å². The normalized spacial score (nSPS) is 10.5. The van der Waals surface area contributed by atoms with Crippen molar-refractivity contribution in [3.8, 4) is 0 Å². The van der Waals surface area contributed by atoms with E-state index < -0.39 is 0 Å². The first kappa shape index (κ1) is 12.5. The Hall–Kier alpha value is -0.530. The summed E-state index contributed by atoms with van der Waals surface area (Å²) in [6, 6.07) is 0. The van der Waals surface area contributed by atoms with Crippen LogP contribution in [0.2, 0.25) is 0 Å². The molecule has 0 spiro atoms. The molecule has 0 N–H and O–H groups in total. The van der Waals surface area contributed by atoms with E-state index in [-0.39, 0.29) is 11.9 Å². The van der Waals surface area contributed by atoms with Crippen LogP contribution in [0.5, 0.6) is 0 Å². The molecule has 0 saturated carbocycles. The van der Waals surface area contributed by atoms with Gasteiger partial charge in [-0.2, -0.15) is 0 Å². The van der Waals surface area contributed by atoms with E-state index in [4.69, 9.17) is 4.74 Å². The minimum absolute atomic E-state index is 0.00985. The number of ether oxygens (including phenoxy) is 1. The van der Waals surface area contributed by atoms with Gasteiger partial charge in [-0.3, -0.25) is 4.79 Å². The van der Waals surface area contributed by atoms with Gasteiger partial charge >= 0.3 is 5.97 Å². The minimum Gasteiger partial charge on any atom is -0.465 e. The third kappa shape index (κ3) is 7.82. The van der Waals surface area contributed by atoms with Crippen LogP contribution in [0.25, 0.3) is 0 Å². The van der Waals surface area contributed by atoms with E-state index in [0.29, 0.717) is 6.61 Å². The van der Waals surface area contributed by atoms with Crippen LogP contribution < -0.4 is 0 Å². The van der Waals surface area contributed by atoms with Gasteiger partial charge in [0.15, 0.2) is 0 Å². The molecule has 0 aromatic heterocycles. The number of unbranched alkanes of at least 4 members (excludes halogenated alkanes) is 4. The summed E-state index contributed by atoms with van der Waals surface area (Å²) in [4.78, 5) is 11.0. The van der Waals surface area contributed by atoms with E-state index in [1.165, 1.54) is 25.7 Å². The average Bonchev–Trinajstić information content (AvgIpc) is 2.10. The molecule has 2 nitrogen and oxygen atoms in total. The molecule has 0 radical (unpaired) electrons. The van der Waals surface area contributed by atoms with Gasteiger partial charge in [-0.1, -0.05) is 46.5 Å². The van der Waals surface area contributed by atoms with Gasteiger partial charge in [0, 0.05) is 0 Å². The second-order valence-corrected chi connectivity index (χ2v) is 3.74. The molecule has 78 valence electrons. The molecule has 0 fully saturated rings. The summed E-state index contributed by atoms with van der Waals surface area (Å²) in [5, 5.41) is 0. The number of esters is 1. The second kappa shape index (κ2) is 8.09. The van der Waals surface area contributed by atoms with Crippen molar-refractivity contribution in [1.82, 2.24) is 0 Å². The highest BCUT2D eigenvalue weighted by atomic mass is 16.5. The molecule has 13 heavy (non-hydrogen) atoms. The maximum absolute atomic E-state index is 11.0. The van der Waals surface area contributed by atoms with Gasteiger partial charge in [0.05, 0.1) is 12.5 Å². The van der Waals surface area contributed by atoms with Gasteiger partial charge in [-0.25, -0.2) is 0 Å². The Kier molecular flexibility index (Phi) is 7.76. The number of hydrogen-bond acceptors (Lipinski definition) is 2. The van der Waals surface area contributed by atoms with E-state index in [2.05, 4.69) is 6.92 Å². The van der Waals surface area contributed by atoms with Crippen molar-refractivity contribution in [2.75, 3.05) is 6.61 Å². The molecule has 0 aromatic carbocycles. The molecule has 0 amide bonds. The number of carbonyl (C=O) groups excluding carboxylic acids is 1. The number of hydrogen-bond donors (Lipinski definition) is 0. The Bertz CT molecular complexity index is 130. The summed E-state index contributed by atoms with van der Waals surface area (Å²) in [5.41, 5.74) is 0. The van der Waals surface area contributed by atoms with Crippen molar-refractivity contribution in [3.05, 3.63) is 0 Å². The van der Waals surface area contributed by atoms with Crippen molar-refractivity contribution in [2.45, 2.75) is 52.9 Å². The summed E-state index contributed by atoms with van der Waals surface area (Å²) in [7, 11) is 0. The van der Waals surface area contributed by atoms with Crippen LogP contribution in [-0.4, -0.2) is 12.6 Å². The lowest BCUT2D eigenvalue weighted by atomic mass is 10.2. The van der Waals surface area contributed by atoms with Crippen LogP contribution in [0, 0.1) is 5.92 Å². The molecule has 0 aliphatic carbocycles. The molecule has 0 aliphatic rings. The van der Waals surface area contributed by atoms with Gasteiger partial charge in [-0.05, 0) is 6.42 Å². The van der Waals surface area contributed by atoms with Crippen LogP contribution in [0.1, 0.15) is 52.9 Å². The Balaban J connectivity index is 3.12. The summed E-state index contributed by atoms with van der Waals surface area (Å²) in [5.74, 6) is -0.0638. The van der Waals surface area contributed by atoms with E-state index in [1.807, 2.05) is 13.8 Å². The Morgan fingerprint density at radius 3 is 2.31 bits per heavy atom. The summed E-state index contributed by atoms with van der Waals surface area (Å²) < 4.78 is 5.04. The zero-order chi connectivity index (χ0) is 10.1. The molecule has 0 aliphatic heterocycles. The van der Waals surface area contributed by atoms with Crippen molar-refractivity contribution < 1.29 is 9.53 Å². The molecule has 0 atom stereocenters. The van der Waals surface area contributed by atoms with E-state index in [0.717, 1.165) is 6.42 Å². The largest absolute Gasteiger partial charge is 0.465 e. The first-order chi connectivity index (χ1) is 6.18. The zero-order valence-electron chi connectivity index (χ0n) is 9.14. The zero-order valence-corrected chi connectivity index (χ0v) is 9.14. The lowest BCUT2D eigenvalue weighted by Crippen LogP contribution is -2.12. The highest BCUT2D eigenvalue weighted by Gasteiger charge is 2.06. The molecule has 2 heteroatoms. The third-order valence-electron chi connectivity index (χ3n) is 1.96. The first-order valence-corrected chi connectivity index (χ1v) is 5.35. The quantitative estimate of drug-likeness (QED) is 0.451. The van der Waals surface area contributed by atoms with Crippen LogP contribution in [0.4, 0.5) is 0 Å². The Morgan fingerprint density at radius 2 is 1.77 bits per heavy atom. The lowest BCUT2D eigenvalue weighted by Gasteiger charge is -2.06. The fraction of sp³-hybridized carbons (Fsp3) is 0.909. The highest BCUT2D eigenvalue weighted by Crippen LogP contribution is 2.03. The summed E-state index contributed by atoms with van der Waals surface area (Å²) in [6.07, 6.45) is 6.00. The van der Waals surface area contributed by atoms with E-state index in [1.54, 1.807) is 0 Å². The SMILES string of the molecule is CCCCCCCOC(=O)C(C)C. The maximum atomic E-state index is 11.0. The molecule has 0 rings (SSSR count). The predicted molar refractivity (Wildman–Crippen MR) is 54.6 cm³/mol. The first-order valence-electron chi connectivity index (χ1n) is 5.35. The minimum atomic E-state index is -0.0736. The average molecular weight is 186 g/mol. The standard InChI is InChI=1S/C11H22O2/c1-4-5-6-7-8-9-13-11(12)10(2)3/h10H,4-9H2,1-3H3. The van der Waals surface area contributed by atoms with E-state index >= 15 is 0 Å². The van der Waals surface area contributed by atoms with Gasteiger partial charge < -0.3 is 4.74 Å². The molecule has 0 bridgehead atoms. The smallest absolute Gasteiger partial charge is 0.308 e. The van der Waals surface area contributed by atoms with Gasteiger partial charge in [0.2, 0.25) is 0 Å². The number of carbonyl (C=O) groups is 1. The lowest BCUT2D eigenvalue weighted by molar-refractivity contribution is -0.147. The second-order valence-electron chi connectivity index (χ2n) is 3.74. The van der Waals surface area contributed by atoms with Crippen LogP contribution in [-0.2, 0) is 9.53 Å². The molecule has 0 heterocycles. The van der Waals surface area contributed by atoms with Crippen LogP contribution >= 0.6 is 0 Å².